The topological polar surface area (TPSA) is 103 Å². The monoisotopic (exact) mass is 495 g/mol. The van der Waals surface area contributed by atoms with E-state index in [0.717, 1.165) is 35.5 Å². The molecule has 0 aromatic carbocycles. The van der Waals surface area contributed by atoms with Crippen molar-refractivity contribution in [2.24, 2.45) is 17.3 Å². The third-order valence-electron chi connectivity index (χ3n) is 7.42. The molecule has 4 N–H and O–H groups in total. The van der Waals surface area contributed by atoms with Crippen LogP contribution in [-0.2, 0) is 4.74 Å². The Morgan fingerprint density at radius 2 is 1.85 bits per heavy atom. The summed E-state index contributed by atoms with van der Waals surface area (Å²) in [7, 11) is 0. The van der Waals surface area contributed by atoms with Gasteiger partial charge in [-0.15, -0.1) is 11.3 Å². The predicted octanol–water partition coefficient (Wildman–Crippen LogP) is 4.85. The fraction of sp³-hybridized carbons (Fsp3) is 0.741. The van der Waals surface area contributed by atoms with Gasteiger partial charge in [0.1, 0.15) is 0 Å². The van der Waals surface area contributed by atoms with Crippen LogP contribution >= 0.6 is 11.3 Å². The van der Waals surface area contributed by atoms with E-state index in [9.17, 15) is 20.4 Å². The minimum atomic E-state index is -1.20. The molecule has 0 aliphatic carbocycles. The van der Waals surface area contributed by atoms with Crippen molar-refractivity contribution in [3.05, 3.63) is 33.3 Å². The summed E-state index contributed by atoms with van der Waals surface area (Å²) in [5.74, 6) is -0.381. The number of aromatic nitrogens is 1. The Hall–Kier alpha value is -1.09. The first-order valence-electron chi connectivity index (χ1n) is 12.5. The number of aliphatic hydroxyl groups excluding tert-OH is 4. The molecule has 0 fully saturated rings. The highest BCUT2D eigenvalue weighted by Gasteiger charge is 2.42. The van der Waals surface area contributed by atoms with Crippen LogP contribution in [0, 0.1) is 24.2 Å². The summed E-state index contributed by atoms with van der Waals surface area (Å²) in [6.07, 6.45) is 3.23. The summed E-state index contributed by atoms with van der Waals surface area (Å²) < 4.78 is 6.03. The van der Waals surface area contributed by atoms with Gasteiger partial charge in [-0.05, 0) is 64.0 Å². The van der Waals surface area contributed by atoms with Gasteiger partial charge in [-0.25, -0.2) is 4.98 Å². The SMILES string of the molecule is C/C1=C/CC(/C(C)=C/c2csc(C)n2)O[C@H](O)C[C@H](O)C(C)(C)[C@H](O)[C@H](C)[C@@H](O)[C@@H](C)CCC1. The third-order valence-corrected chi connectivity index (χ3v) is 8.21. The van der Waals surface area contributed by atoms with E-state index in [-0.39, 0.29) is 18.4 Å². The van der Waals surface area contributed by atoms with Crippen LogP contribution in [-0.4, -0.2) is 56.1 Å². The number of thiazole rings is 1. The number of nitrogens with zero attached hydrogens (tertiary/aromatic N) is 1. The zero-order chi connectivity index (χ0) is 25.6. The van der Waals surface area contributed by atoms with Gasteiger partial charge < -0.3 is 25.2 Å². The lowest BCUT2D eigenvalue weighted by Gasteiger charge is -2.41. The van der Waals surface area contributed by atoms with Crippen LogP contribution in [0.15, 0.2) is 22.6 Å². The second kappa shape index (κ2) is 12.7. The quantitative estimate of drug-likeness (QED) is 0.438. The Labute approximate surface area is 209 Å². The van der Waals surface area contributed by atoms with Crippen molar-refractivity contribution in [3.8, 4) is 0 Å². The van der Waals surface area contributed by atoms with E-state index in [1.54, 1.807) is 25.2 Å². The molecule has 2 heterocycles. The normalized spacial score (nSPS) is 36.6. The molecule has 0 saturated heterocycles. The summed E-state index contributed by atoms with van der Waals surface area (Å²) in [6, 6.07) is 0. The van der Waals surface area contributed by atoms with Crippen LogP contribution in [0.2, 0.25) is 0 Å². The van der Waals surface area contributed by atoms with Gasteiger partial charge in [0.25, 0.3) is 0 Å². The van der Waals surface area contributed by atoms with Crippen molar-refractivity contribution >= 4 is 17.4 Å². The molecule has 1 unspecified atom stereocenters. The molecule has 1 aromatic rings. The lowest BCUT2D eigenvalue weighted by molar-refractivity contribution is -0.167. The number of aryl methyl sites for hydroxylation is 1. The highest BCUT2D eigenvalue weighted by atomic mass is 32.1. The van der Waals surface area contributed by atoms with Crippen molar-refractivity contribution in [2.45, 2.75) is 111 Å². The van der Waals surface area contributed by atoms with Crippen LogP contribution in [0.5, 0.6) is 0 Å². The van der Waals surface area contributed by atoms with Crippen LogP contribution in [0.3, 0.4) is 0 Å². The fourth-order valence-corrected chi connectivity index (χ4v) is 5.30. The van der Waals surface area contributed by atoms with Gasteiger partial charge in [0.05, 0.1) is 35.1 Å². The predicted molar refractivity (Wildman–Crippen MR) is 138 cm³/mol. The first-order valence-corrected chi connectivity index (χ1v) is 13.3. The van der Waals surface area contributed by atoms with Crippen molar-refractivity contribution < 1.29 is 25.2 Å². The lowest BCUT2D eigenvalue weighted by Crippen LogP contribution is -2.49. The average molecular weight is 496 g/mol. The number of aliphatic hydroxyl groups is 4. The molecule has 0 spiro atoms. The number of hydrogen-bond acceptors (Lipinski definition) is 7. The van der Waals surface area contributed by atoms with E-state index >= 15 is 0 Å². The molecule has 7 heteroatoms. The van der Waals surface area contributed by atoms with Crippen LogP contribution in [0.1, 0.15) is 84.3 Å². The summed E-state index contributed by atoms with van der Waals surface area (Å²) in [5.41, 5.74) is 2.13. The van der Waals surface area contributed by atoms with Gasteiger partial charge in [0.15, 0.2) is 6.29 Å². The number of rotatable bonds is 2. The number of ether oxygens (including phenoxy) is 1. The van der Waals surface area contributed by atoms with Gasteiger partial charge in [0.2, 0.25) is 0 Å². The highest BCUT2D eigenvalue weighted by Crippen LogP contribution is 2.36. The van der Waals surface area contributed by atoms with E-state index < -0.39 is 35.9 Å². The second-order valence-electron chi connectivity index (χ2n) is 10.8. The Kier molecular flexibility index (Phi) is 10.9. The maximum Gasteiger partial charge on any atom is 0.157 e. The van der Waals surface area contributed by atoms with Gasteiger partial charge in [-0.2, -0.15) is 0 Å². The molecule has 1 aliphatic rings. The zero-order valence-corrected chi connectivity index (χ0v) is 22.7. The van der Waals surface area contributed by atoms with Crippen molar-refractivity contribution in [2.75, 3.05) is 0 Å². The summed E-state index contributed by atoms with van der Waals surface area (Å²) in [6.45, 7) is 13.4. The van der Waals surface area contributed by atoms with Crippen LogP contribution in [0.4, 0.5) is 0 Å². The van der Waals surface area contributed by atoms with E-state index in [2.05, 4.69) is 18.0 Å². The molecule has 34 heavy (non-hydrogen) atoms. The minimum absolute atomic E-state index is 0.0340. The van der Waals surface area contributed by atoms with Crippen molar-refractivity contribution in [1.29, 1.82) is 0 Å². The van der Waals surface area contributed by atoms with Gasteiger partial charge in [0, 0.05) is 23.1 Å². The molecule has 0 radical (unpaired) electrons. The summed E-state index contributed by atoms with van der Waals surface area (Å²) in [5, 5.41) is 46.6. The van der Waals surface area contributed by atoms with Gasteiger partial charge >= 0.3 is 0 Å². The lowest BCUT2D eigenvalue weighted by atomic mass is 9.71. The molecular weight excluding hydrogens is 450 g/mol. The standard InChI is InChI=1S/C27H45NO5S/c1-16-9-8-10-17(2)25(31)19(4)26(32)27(6,7)23(29)14-24(30)33-22(12-11-16)18(3)13-21-15-34-20(5)28-21/h11,13,15,17,19,22-26,29-32H,8-10,12,14H2,1-7H3/b16-11-,18-13+/t17-,19+,22?,23-,24-,25-,26+/m0/s1. The van der Waals surface area contributed by atoms with E-state index in [0.29, 0.717) is 6.42 Å². The molecule has 194 valence electrons. The van der Waals surface area contributed by atoms with Crippen molar-refractivity contribution in [1.82, 2.24) is 4.98 Å². The van der Waals surface area contributed by atoms with Crippen molar-refractivity contribution in [3.63, 3.8) is 0 Å². The molecule has 1 aliphatic heterocycles. The molecule has 0 saturated carbocycles. The molecule has 0 bridgehead atoms. The molecule has 7 atom stereocenters. The summed E-state index contributed by atoms with van der Waals surface area (Å²) in [4.78, 5) is 4.50. The Morgan fingerprint density at radius 1 is 1.18 bits per heavy atom. The first-order chi connectivity index (χ1) is 15.8. The van der Waals surface area contributed by atoms with E-state index in [4.69, 9.17) is 4.74 Å². The van der Waals surface area contributed by atoms with Crippen LogP contribution in [0.25, 0.3) is 6.08 Å². The number of allylic oxidation sites excluding steroid dienone is 1. The molecule has 1 aromatic heterocycles. The third kappa shape index (κ3) is 7.97. The Morgan fingerprint density at radius 3 is 2.47 bits per heavy atom. The second-order valence-corrected chi connectivity index (χ2v) is 11.8. The molecular formula is C27H45NO5S. The zero-order valence-electron chi connectivity index (χ0n) is 21.9. The average Bonchev–Trinajstić information content (AvgIpc) is 3.18. The van der Waals surface area contributed by atoms with E-state index in [1.165, 1.54) is 5.57 Å². The largest absolute Gasteiger partial charge is 0.392 e. The Balaban J connectivity index is 2.31. The van der Waals surface area contributed by atoms with Gasteiger partial charge in [-0.3, -0.25) is 0 Å². The molecule has 2 rings (SSSR count). The first kappa shape index (κ1) is 29.1. The maximum atomic E-state index is 11.0. The van der Waals surface area contributed by atoms with E-state index in [1.807, 2.05) is 39.2 Å². The number of hydrogen-bond donors (Lipinski definition) is 4. The van der Waals surface area contributed by atoms with Crippen LogP contribution < -0.4 is 0 Å². The maximum absolute atomic E-state index is 11.0. The molecule has 0 amide bonds. The highest BCUT2D eigenvalue weighted by molar-refractivity contribution is 7.09. The van der Waals surface area contributed by atoms with Gasteiger partial charge in [-0.1, -0.05) is 39.3 Å². The fourth-order valence-electron chi connectivity index (χ4n) is 4.72. The Bertz CT molecular complexity index is 833. The molecule has 6 nitrogen and oxygen atoms in total. The summed E-state index contributed by atoms with van der Waals surface area (Å²) >= 11 is 1.59. The minimum Gasteiger partial charge on any atom is -0.392 e. The smallest absolute Gasteiger partial charge is 0.157 e.